The Morgan fingerprint density at radius 2 is 1.29 bits per heavy atom. The Hall–Kier alpha value is -7.75. The van der Waals surface area contributed by atoms with Gasteiger partial charge in [0.25, 0.3) is 0 Å². The lowest BCUT2D eigenvalue weighted by Gasteiger charge is -2.36. The van der Waals surface area contributed by atoms with Crippen molar-refractivity contribution in [3.05, 3.63) is 185 Å². The number of aromatic nitrogens is 3. The number of phenols is 1. The summed E-state index contributed by atoms with van der Waals surface area (Å²) in [7, 11) is 0. The summed E-state index contributed by atoms with van der Waals surface area (Å²) in [5.74, 6) is 1.60. The lowest BCUT2D eigenvalue weighted by molar-refractivity contribution is 0.106. The average molecular weight is 1000 g/mol. The number of para-hydroxylation sites is 1. The normalized spacial score (nSPS) is 13.5. The van der Waals surface area contributed by atoms with Gasteiger partial charge in [-0.15, -0.1) is 0 Å². The summed E-state index contributed by atoms with van der Waals surface area (Å²) in [5.41, 5.74) is 19.0. The topological polar surface area (TPSA) is 84.0 Å². The van der Waals surface area contributed by atoms with Gasteiger partial charge < -0.3 is 9.84 Å². The molecule has 2 aromatic heterocycles. The molecule has 6 nitrogen and oxygen atoms in total. The van der Waals surface area contributed by atoms with Crippen molar-refractivity contribution in [2.45, 2.75) is 132 Å². The third-order valence-electron chi connectivity index (χ3n) is 15.1. The summed E-state index contributed by atoms with van der Waals surface area (Å²) < 4.78 is 9.43. The fraction of sp³-hybridized carbons (Fsp3) is 0.300. The summed E-state index contributed by atoms with van der Waals surface area (Å²) in [5, 5.41) is 22.9. The predicted octanol–water partition coefficient (Wildman–Crippen LogP) is 18.4. The number of nitrogens with zero attached hydrogens (tertiary/aromatic N) is 4. The Kier molecular flexibility index (Phi) is 12.6. The first-order valence-electron chi connectivity index (χ1n) is 26.8. The van der Waals surface area contributed by atoms with E-state index in [0.717, 1.165) is 101 Å². The van der Waals surface area contributed by atoms with Crippen LogP contribution in [-0.2, 0) is 28.3 Å². The minimum Gasteiger partial charge on any atom is -0.507 e. The molecule has 0 atom stereocenters. The molecule has 1 N–H and O–H groups in total. The molecule has 3 heterocycles. The van der Waals surface area contributed by atoms with Crippen LogP contribution >= 0.6 is 0 Å². The maximum Gasteiger partial charge on any atom is 0.149 e. The molecule has 0 radical (unpaired) electrons. The first-order valence-corrected chi connectivity index (χ1v) is 26.8. The van der Waals surface area contributed by atoms with Gasteiger partial charge in [0, 0.05) is 39.6 Å². The summed E-state index contributed by atoms with van der Waals surface area (Å²) in [6.07, 6.45) is 2.90. The molecular weight excluding hydrogens is 929 g/mol. The molecule has 76 heavy (non-hydrogen) atoms. The number of rotatable bonds is 7. The lowest BCUT2D eigenvalue weighted by atomic mass is 9.79. The Balaban J connectivity index is 1.29. The Bertz CT molecular complexity index is 3800. The Morgan fingerprint density at radius 3 is 1.96 bits per heavy atom. The number of phenolic OH excluding ortho intramolecular Hbond substituents is 1. The van der Waals surface area contributed by atoms with Gasteiger partial charge in [-0.3, -0.25) is 9.55 Å². The monoisotopic (exact) mass is 1000 g/mol. The highest BCUT2D eigenvalue weighted by Crippen LogP contribution is 2.53. The fourth-order valence-electron chi connectivity index (χ4n) is 11.1. The van der Waals surface area contributed by atoms with Gasteiger partial charge in [-0.25, -0.2) is 4.98 Å². The molecule has 384 valence electrons. The van der Waals surface area contributed by atoms with Crippen molar-refractivity contribution in [2.24, 2.45) is 5.41 Å². The van der Waals surface area contributed by atoms with E-state index >= 15 is 0 Å². The van der Waals surface area contributed by atoms with E-state index in [4.69, 9.17) is 14.7 Å². The maximum absolute atomic E-state index is 12.7. The van der Waals surface area contributed by atoms with Crippen LogP contribution in [0.25, 0.3) is 83.9 Å². The molecule has 0 saturated heterocycles. The van der Waals surface area contributed by atoms with Crippen LogP contribution < -0.4 is 4.74 Å². The number of ether oxygens (including phenoxy) is 1. The minimum atomic E-state index is -0.759. The highest BCUT2D eigenvalue weighted by atomic mass is 16.5. The van der Waals surface area contributed by atoms with E-state index in [1.807, 2.05) is 18.3 Å². The molecule has 6 heteroatoms. The van der Waals surface area contributed by atoms with Crippen molar-refractivity contribution >= 4 is 11.0 Å². The van der Waals surface area contributed by atoms with Crippen molar-refractivity contribution in [1.82, 2.24) is 14.5 Å². The molecule has 0 amide bonds. The SMILES string of the molecule is Cc1cc(CC(C)(C)C)ccc1-c1ccnc(-c2cc(-c3cccc4c3nc(-c3cc(C(C)(C)C)cc(C(C)(C)C)c3O)n4-c3ccc(C(C)(C)C)cc3-c3ccccc3)cc3c2OC(C)(C)c2cc(C#N)ccc2-3)c1. The molecular formula is C70H72N4O2. The van der Waals surface area contributed by atoms with E-state index in [1.54, 1.807) is 0 Å². The molecule has 1 aliphatic rings. The fourth-order valence-corrected chi connectivity index (χ4v) is 11.1. The zero-order chi connectivity index (χ0) is 54.4. The van der Waals surface area contributed by atoms with E-state index in [9.17, 15) is 10.4 Å². The molecule has 0 saturated carbocycles. The third kappa shape index (κ3) is 9.62. The highest BCUT2D eigenvalue weighted by molar-refractivity contribution is 6.00. The zero-order valence-electron chi connectivity index (χ0n) is 47.2. The van der Waals surface area contributed by atoms with Crippen molar-refractivity contribution in [2.75, 3.05) is 0 Å². The lowest BCUT2D eigenvalue weighted by Crippen LogP contribution is -2.29. The van der Waals surface area contributed by atoms with Crippen molar-refractivity contribution in [3.8, 4) is 90.4 Å². The number of aromatic hydroxyl groups is 1. The predicted molar refractivity (Wildman–Crippen MR) is 316 cm³/mol. The van der Waals surface area contributed by atoms with Crippen molar-refractivity contribution < 1.29 is 9.84 Å². The number of fused-ring (bicyclic) bond motifs is 4. The van der Waals surface area contributed by atoms with Gasteiger partial charge in [0.05, 0.1) is 39.6 Å². The number of aryl methyl sites for hydroxylation is 1. The quantitative estimate of drug-likeness (QED) is 0.172. The Labute approximate surface area is 451 Å². The first-order chi connectivity index (χ1) is 35.7. The van der Waals surface area contributed by atoms with E-state index < -0.39 is 5.60 Å². The summed E-state index contributed by atoms with van der Waals surface area (Å²) in [6.45, 7) is 33.1. The first kappa shape index (κ1) is 51.7. The van der Waals surface area contributed by atoms with Crippen LogP contribution in [0.1, 0.15) is 136 Å². The maximum atomic E-state index is 12.7. The van der Waals surface area contributed by atoms with Crippen LogP contribution in [0.4, 0.5) is 0 Å². The molecule has 0 unspecified atom stereocenters. The van der Waals surface area contributed by atoms with E-state index in [2.05, 4.69) is 242 Å². The van der Waals surface area contributed by atoms with Gasteiger partial charge in [0.1, 0.15) is 22.9 Å². The molecule has 0 fully saturated rings. The number of hydrogen-bond acceptors (Lipinski definition) is 5. The van der Waals surface area contributed by atoms with Crippen LogP contribution in [0.15, 0.2) is 146 Å². The summed E-state index contributed by atoms with van der Waals surface area (Å²) >= 11 is 0. The molecule has 9 aromatic rings. The van der Waals surface area contributed by atoms with Gasteiger partial charge in [0.15, 0.2) is 0 Å². The average Bonchev–Trinajstić information content (AvgIpc) is 3.74. The van der Waals surface area contributed by atoms with Crippen molar-refractivity contribution in [3.63, 3.8) is 0 Å². The number of benzene rings is 7. The zero-order valence-corrected chi connectivity index (χ0v) is 47.2. The second kappa shape index (κ2) is 18.5. The molecule has 0 spiro atoms. The summed E-state index contributed by atoms with van der Waals surface area (Å²) in [4.78, 5) is 10.9. The van der Waals surface area contributed by atoms with Gasteiger partial charge in [-0.2, -0.15) is 5.26 Å². The second-order valence-electron chi connectivity index (χ2n) is 25.9. The van der Waals surface area contributed by atoms with E-state index in [-0.39, 0.29) is 27.4 Å². The number of nitriles is 1. The van der Waals surface area contributed by atoms with E-state index in [0.29, 0.717) is 17.0 Å². The standard InChI is InChI=1S/C70H72N4O2/c1-42-32-43(40-66(2,3)4)24-27-50(42)46-30-31-72-59(36-46)55-35-47(34-54-52-28-25-44(41-71)33-57(52)70(14,15)76-64(54)55)51-22-19-23-61-62(51)73-65(56-38-49(68(8,9)10)39-58(63(56)75)69(11,12)13)74(61)60-29-26-48(67(5,6)7)37-53(60)45-20-17-16-18-21-45/h16-39,75H,40H2,1-15H3. The number of pyridine rings is 1. The summed E-state index contributed by atoms with van der Waals surface area (Å²) in [6, 6.07) is 52.0. The van der Waals surface area contributed by atoms with Gasteiger partial charge in [-0.1, -0.05) is 162 Å². The van der Waals surface area contributed by atoms with Gasteiger partial charge in [-0.05, 0) is 160 Å². The number of hydrogen-bond donors (Lipinski definition) is 1. The van der Waals surface area contributed by atoms with Gasteiger partial charge in [0.2, 0.25) is 0 Å². The van der Waals surface area contributed by atoms with Crippen molar-refractivity contribution in [1.29, 1.82) is 5.26 Å². The van der Waals surface area contributed by atoms with Crippen LogP contribution in [0.3, 0.4) is 0 Å². The van der Waals surface area contributed by atoms with Crippen LogP contribution in [-0.4, -0.2) is 19.6 Å². The molecule has 0 bridgehead atoms. The molecule has 10 rings (SSSR count). The largest absolute Gasteiger partial charge is 0.507 e. The van der Waals surface area contributed by atoms with Gasteiger partial charge >= 0.3 is 0 Å². The molecule has 1 aliphatic heterocycles. The number of imidazole rings is 1. The van der Waals surface area contributed by atoms with Crippen LogP contribution in [0.5, 0.6) is 11.5 Å². The van der Waals surface area contributed by atoms with Crippen LogP contribution in [0, 0.1) is 23.7 Å². The van der Waals surface area contributed by atoms with Crippen LogP contribution in [0.2, 0.25) is 0 Å². The highest BCUT2D eigenvalue weighted by Gasteiger charge is 2.36. The van der Waals surface area contributed by atoms with E-state index in [1.165, 1.54) is 16.7 Å². The molecule has 0 aliphatic carbocycles. The smallest absolute Gasteiger partial charge is 0.149 e. The molecule has 7 aromatic carbocycles. The Morgan fingerprint density at radius 1 is 0.592 bits per heavy atom. The second-order valence-corrected chi connectivity index (χ2v) is 25.9. The minimum absolute atomic E-state index is 0.113. The third-order valence-corrected chi connectivity index (χ3v) is 15.1.